The molecule has 0 radical (unpaired) electrons. The zero-order valence-corrected chi connectivity index (χ0v) is 13.3. The van der Waals surface area contributed by atoms with Gasteiger partial charge in [-0.1, -0.05) is 13.8 Å². The maximum absolute atomic E-state index is 5.08. The molecule has 0 saturated carbocycles. The molecule has 0 aromatic heterocycles. The number of hydrogen-bond acceptors (Lipinski definition) is 4. The molecule has 0 aliphatic carbocycles. The average Bonchev–Trinajstić information content (AvgIpc) is 2.38. The highest BCUT2D eigenvalue weighted by atomic mass is 16.5. The van der Waals surface area contributed by atoms with Gasteiger partial charge in [-0.3, -0.25) is 0 Å². The molecule has 19 heavy (non-hydrogen) atoms. The monoisotopic (exact) mass is 271 g/mol. The first-order chi connectivity index (χ1) is 9.11. The van der Waals surface area contributed by atoms with Gasteiger partial charge in [0.05, 0.1) is 6.61 Å². The molecule has 1 aliphatic heterocycles. The van der Waals surface area contributed by atoms with Crippen molar-refractivity contribution >= 4 is 0 Å². The summed E-state index contributed by atoms with van der Waals surface area (Å²) in [7, 11) is 3.92. The smallest absolute Gasteiger partial charge is 0.0589 e. The number of hydrogen-bond donors (Lipinski definition) is 1. The van der Waals surface area contributed by atoms with E-state index in [0.717, 1.165) is 38.2 Å². The first-order valence-electron chi connectivity index (χ1n) is 7.75. The molecule has 1 N–H and O–H groups in total. The molecule has 1 aliphatic rings. The van der Waals surface area contributed by atoms with Crippen molar-refractivity contribution in [3.63, 3.8) is 0 Å². The summed E-state index contributed by atoms with van der Waals surface area (Å²) < 4.78 is 5.08. The maximum atomic E-state index is 5.08. The van der Waals surface area contributed by atoms with E-state index in [0.29, 0.717) is 0 Å². The number of nitrogens with one attached hydrogen (secondary N) is 1. The van der Waals surface area contributed by atoms with E-state index in [1.807, 2.05) is 0 Å². The van der Waals surface area contributed by atoms with Gasteiger partial charge in [0.15, 0.2) is 0 Å². The summed E-state index contributed by atoms with van der Waals surface area (Å²) in [6.07, 6.45) is 2.60. The van der Waals surface area contributed by atoms with Gasteiger partial charge in [0.25, 0.3) is 0 Å². The second-order valence-electron chi connectivity index (χ2n) is 6.22. The van der Waals surface area contributed by atoms with Crippen molar-refractivity contribution in [2.75, 3.05) is 60.0 Å². The van der Waals surface area contributed by atoms with Gasteiger partial charge in [-0.2, -0.15) is 0 Å². The molecule has 0 amide bonds. The van der Waals surface area contributed by atoms with Gasteiger partial charge in [-0.05, 0) is 38.9 Å². The van der Waals surface area contributed by atoms with Crippen LogP contribution in [-0.2, 0) is 4.74 Å². The number of rotatable bonds is 9. The van der Waals surface area contributed by atoms with Gasteiger partial charge in [-0.25, -0.2) is 0 Å². The van der Waals surface area contributed by atoms with E-state index < -0.39 is 0 Å². The Morgan fingerprint density at radius 1 is 1.26 bits per heavy atom. The van der Waals surface area contributed by atoms with Crippen molar-refractivity contribution in [1.82, 2.24) is 15.1 Å². The highest BCUT2D eigenvalue weighted by Gasteiger charge is 2.18. The van der Waals surface area contributed by atoms with Crippen molar-refractivity contribution in [2.24, 2.45) is 5.92 Å². The van der Waals surface area contributed by atoms with Crippen LogP contribution in [-0.4, -0.2) is 75.9 Å². The zero-order chi connectivity index (χ0) is 14.1. The van der Waals surface area contributed by atoms with Crippen molar-refractivity contribution in [3.05, 3.63) is 0 Å². The molecule has 114 valence electrons. The van der Waals surface area contributed by atoms with Crippen LogP contribution < -0.4 is 5.32 Å². The predicted molar refractivity (Wildman–Crippen MR) is 81.7 cm³/mol. The van der Waals surface area contributed by atoms with Gasteiger partial charge in [-0.15, -0.1) is 0 Å². The summed E-state index contributed by atoms with van der Waals surface area (Å²) in [5.41, 5.74) is 0. The molecule has 1 rings (SSSR count). The lowest BCUT2D eigenvalue weighted by molar-refractivity contribution is 0.156. The second kappa shape index (κ2) is 9.70. The Morgan fingerprint density at radius 3 is 2.53 bits per heavy atom. The third-order valence-corrected chi connectivity index (χ3v) is 3.81. The summed E-state index contributed by atoms with van der Waals surface area (Å²) in [5, 5.41) is 3.69. The molecule has 0 spiro atoms. The van der Waals surface area contributed by atoms with Crippen LogP contribution in [0.25, 0.3) is 0 Å². The normalized spacial score (nSPS) is 18.6. The van der Waals surface area contributed by atoms with E-state index in [1.165, 1.54) is 32.5 Å². The average molecular weight is 271 g/mol. The molecule has 1 saturated heterocycles. The Balaban J connectivity index is 2.03. The molecular weight excluding hydrogens is 238 g/mol. The zero-order valence-electron chi connectivity index (χ0n) is 13.3. The molecule has 0 aromatic rings. The molecule has 0 atom stereocenters. The summed E-state index contributed by atoms with van der Waals surface area (Å²) in [5.74, 6) is 0.791. The van der Waals surface area contributed by atoms with E-state index in [9.17, 15) is 0 Å². The van der Waals surface area contributed by atoms with Crippen molar-refractivity contribution < 1.29 is 4.74 Å². The van der Waals surface area contributed by atoms with Crippen molar-refractivity contribution in [1.29, 1.82) is 0 Å². The van der Waals surface area contributed by atoms with Crippen LogP contribution in [0.2, 0.25) is 0 Å². The Morgan fingerprint density at radius 2 is 1.95 bits per heavy atom. The minimum atomic E-state index is 0.722. The molecule has 1 fully saturated rings. The first kappa shape index (κ1) is 16.9. The number of methoxy groups -OCH3 is 1. The van der Waals surface area contributed by atoms with Gasteiger partial charge in [0.1, 0.15) is 0 Å². The van der Waals surface area contributed by atoms with Crippen LogP contribution in [0.5, 0.6) is 0 Å². The summed E-state index contributed by atoms with van der Waals surface area (Å²) in [4.78, 5) is 4.93. The fourth-order valence-electron chi connectivity index (χ4n) is 2.65. The number of likely N-dealkylation sites (N-methyl/N-ethyl adjacent to an activating group) is 1. The fraction of sp³-hybridized carbons (Fsp3) is 1.00. The lowest BCUT2D eigenvalue weighted by Crippen LogP contribution is -2.45. The van der Waals surface area contributed by atoms with Crippen LogP contribution in [0.4, 0.5) is 0 Å². The summed E-state index contributed by atoms with van der Waals surface area (Å²) in [6, 6.07) is 0.722. The van der Waals surface area contributed by atoms with E-state index in [-0.39, 0.29) is 0 Å². The van der Waals surface area contributed by atoms with Crippen LogP contribution in [0.15, 0.2) is 0 Å². The van der Waals surface area contributed by atoms with Crippen LogP contribution in [0.3, 0.4) is 0 Å². The molecule has 4 heteroatoms. The SMILES string of the molecule is COCCN(C)CCNC1CCN(CC(C)C)CC1. The lowest BCUT2D eigenvalue weighted by atomic mass is 10.0. The van der Waals surface area contributed by atoms with Gasteiger partial charge >= 0.3 is 0 Å². The minimum absolute atomic E-state index is 0.722. The lowest BCUT2D eigenvalue weighted by Gasteiger charge is -2.33. The topological polar surface area (TPSA) is 27.7 Å². The van der Waals surface area contributed by atoms with Crippen LogP contribution in [0.1, 0.15) is 26.7 Å². The summed E-state index contributed by atoms with van der Waals surface area (Å²) in [6.45, 7) is 12.4. The number of piperidine rings is 1. The number of nitrogens with zero attached hydrogens (tertiary/aromatic N) is 2. The highest BCUT2D eigenvalue weighted by Crippen LogP contribution is 2.11. The standard InChI is InChI=1S/C15H33N3O/c1-14(2)13-18-8-5-15(6-9-18)16-7-10-17(3)11-12-19-4/h14-16H,5-13H2,1-4H3. The summed E-state index contributed by atoms with van der Waals surface area (Å²) >= 11 is 0. The van der Waals surface area contributed by atoms with E-state index in [1.54, 1.807) is 7.11 Å². The highest BCUT2D eigenvalue weighted by molar-refractivity contribution is 4.77. The van der Waals surface area contributed by atoms with Crippen LogP contribution >= 0.6 is 0 Å². The molecule has 4 nitrogen and oxygen atoms in total. The Kier molecular flexibility index (Phi) is 8.62. The van der Waals surface area contributed by atoms with Crippen molar-refractivity contribution in [2.45, 2.75) is 32.7 Å². The van der Waals surface area contributed by atoms with Gasteiger partial charge in [0.2, 0.25) is 0 Å². The largest absolute Gasteiger partial charge is 0.383 e. The first-order valence-corrected chi connectivity index (χ1v) is 7.75. The molecular formula is C15H33N3O. The molecule has 1 heterocycles. The fourth-order valence-corrected chi connectivity index (χ4v) is 2.65. The number of ether oxygens (including phenoxy) is 1. The Labute approximate surface area is 119 Å². The quantitative estimate of drug-likeness (QED) is 0.683. The Hall–Kier alpha value is -0.160. The van der Waals surface area contributed by atoms with Gasteiger partial charge in [0, 0.05) is 39.3 Å². The van der Waals surface area contributed by atoms with E-state index in [2.05, 4.69) is 36.0 Å². The predicted octanol–water partition coefficient (Wildman–Crippen LogP) is 1.27. The molecule has 0 unspecified atom stereocenters. The van der Waals surface area contributed by atoms with E-state index >= 15 is 0 Å². The van der Waals surface area contributed by atoms with E-state index in [4.69, 9.17) is 4.74 Å². The molecule has 0 bridgehead atoms. The molecule has 0 aromatic carbocycles. The third-order valence-electron chi connectivity index (χ3n) is 3.81. The van der Waals surface area contributed by atoms with Crippen LogP contribution in [0, 0.1) is 5.92 Å². The van der Waals surface area contributed by atoms with Gasteiger partial charge < -0.3 is 19.9 Å². The second-order valence-corrected chi connectivity index (χ2v) is 6.22. The minimum Gasteiger partial charge on any atom is -0.383 e. The third kappa shape index (κ3) is 7.88. The van der Waals surface area contributed by atoms with Crippen molar-refractivity contribution in [3.8, 4) is 0 Å². The maximum Gasteiger partial charge on any atom is 0.0589 e. The Bertz CT molecular complexity index is 215. The number of likely N-dealkylation sites (tertiary alicyclic amines) is 1.